The summed E-state index contributed by atoms with van der Waals surface area (Å²) in [6.45, 7) is 9.89. The lowest BCUT2D eigenvalue weighted by atomic mass is 9.79. The van der Waals surface area contributed by atoms with Gasteiger partial charge in [0.1, 0.15) is 5.60 Å². The summed E-state index contributed by atoms with van der Waals surface area (Å²) >= 11 is 0. The molecule has 0 aliphatic heterocycles. The molecule has 0 aromatic carbocycles. The minimum Gasteiger partial charge on any atom is -0.269 e. The Morgan fingerprint density at radius 2 is 1.63 bits per heavy atom. The number of rotatable bonds is 5. The SMILES string of the molecule is CC(C)(C)CC(=O)OOOC(C)(C)C1CCCCC1. The normalized spacial score (nSPS) is 18.4. The Bertz CT molecular complexity index is 285. The van der Waals surface area contributed by atoms with Crippen LogP contribution in [0.3, 0.4) is 0 Å². The molecular formula is C15H28O4. The van der Waals surface area contributed by atoms with Crippen molar-refractivity contribution in [1.82, 2.24) is 0 Å². The molecule has 0 radical (unpaired) electrons. The minimum atomic E-state index is -0.414. The lowest BCUT2D eigenvalue weighted by molar-refractivity contribution is -0.522. The molecule has 0 amide bonds. The molecule has 1 aliphatic rings. The molecule has 0 aromatic rings. The van der Waals surface area contributed by atoms with E-state index in [2.05, 4.69) is 4.89 Å². The van der Waals surface area contributed by atoms with E-state index in [4.69, 9.17) is 9.93 Å². The van der Waals surface area contributed by atoms with Crippen LogP contribution in [0.15, 0.2) is 0 Å². The highest BCUT2D eigenvalue weighted by Gasteiger charge is 2.33. The number of hydrogen-bond acceptors (Lipinski definition) is 4. The molecule has 0 N–H and O–H groups in total. The summed E-state index contributed by atoms with van der Waals surface area (Å²) in [7, 11) is 0. The quantitative estimate of drug-likeness (QED) is 0.556. The Kier molecular flexibility index (Phi) is 5.81. The van der Waals surface area contributed by atoms with E-state index < -0.39 is 11.6 Å². The summed E-state index contributed by atoms with van der Waals surface area (Å²) in [6, 6.07) is 0. The fourth-order valence-corrected chi connectivity index (χ4v) is 2.47. The second kappa shape index (κ2) is 6.71. The molecule has 1 fully saturated rings. The van der Waals surface area contributed by atoms with E-state index in [0.29, 0.717) is 12.3 Å². The predicted molar refractivity (Wildman–Crippen MR) is 73.0 cm³/mol. The summed E-state index contributed by atoms with van der Waals surface area (Å²) in [5.41, 5.74) is -0.526. The Labute approximate surface area is 116 Å². The van der Waals surface area contributed by atoms with Crippen LogP contribution in [-0.2, 0) is 19.6 Å². The van der Waals surface area contributed by atoms with Crippen molar-refractivity contribution in [2.24, 2.45) is 11.3 Å². The maximum atomic E-state index is 11.5. The summed E-state index contributed by atoms with van der Waals surface area (Å²) in [4.78, 5) is 21.5. The van der Waals surface area contributed by atoms with Crippen LogP contribution in [0.1, 0.15) is 73.1 Å². The smallest absolute Gasteiger partial charge is 0.269 e. The maximum absolute atomic E-state index is 11.5. The average Bonchev–Trinajstić information content (AvgIpc) is 2.27. The van der Waals surface area contributed by atoms with Crippen molar-refractivity contribution in [2.75, 3.05) is 0 Å². The van der Waals surface area contributed by atoms with Crippen molar-refractivity contribution in [2.45, 2.75) is 78.7 Å². The molecule has 0 unspecified atom stereocenters. The van der Waals surface area contributed by atoms with Gasteiger partial charge in [0.25, 0.3) is 0 Å². The fraction of sp³-hybridized carbons (Fsp3) is 0.933. The fourth-order valence-electron chi connectivity index (χ4n) is 2.47. The molecule has 4 nitrogen and oxygen atoms in total. The third-order valence-corrected chi connectivity index (χ3v) is 3.64. The first kappa shape index (κ1) is 16.4. The number of carbonyl (C=O) groups is 1. The first-order valence-corrected chi connectivity index (χ1v) is 7.26. The largest absolute Gasteiger partial charge is 0.346 e. The molecule has 1 aliphatic carbocycles. The van der Waals surface area contributed by atoms with Crippen LogP contribution in [0, 0.1) is 11.3 Å². The van der Waals surface area contributed by atoms with Gasteiger partial charge in [-0.2, -0.15) is 4.89 Å². The van der Waals surface area contributed by atoms with E-state index in [1.54, 1.807) is 0 Å². The molecule has 0 saturated heterocycles. The van der Waals surface area contributed by atoms with Crippen LogP contribution in [0.4, 0.5) is 0 Å². The maximum Gasteiger partial charge on any atom is 0.346 e. The molecule has 112 valence electrons. The van der Waals surface area contributed by atoms with Crippen LogP contribution in [0.5, 0.6) is 0 Å². The highest BCUT2D eigenvalue weighted by Crippen LogP contribution is 2.34. The number of carbonyl (C=O) groups excluding carboxylic acids is 1. The van der Waals surface area contributed by atoms with Gasteiger partial charge in [0, 0.05) is 0 Å². The second-order valence-corrected chi connectivity index (χ2v) is 7.28. The predicted octanol–water partition coefficient (Wildman–Crippen LogP) is 4.19. The Hall–Kier alpha value is -0.610. The molecule has 0 spiro atoms. The van der Waals surface area contributed by atoms with Gasteiger partial charge in [-0.3, -0.25) is 4.89 Å². The van der Waals surface area contributed by atoms with Crippen molar-refractivity contribution in [3.05, 3.63) is 0 Å². The average molecular weight is 272 g/mol. The van der Waals surface area contributed by atoms with Gasteiger partial charge in [-0.25, -0.2) is 4.79 Å². The Morgan fingerprint density at radius 3 is 2.16 bits per heavy atom. The second-order valence-electron chi connectivity index (χ2n) is 7.28. The van der Waals surface area contributed by atoms with E-state index in [1.807, 2.05) is 34.6 Å². The zero-order valence-electron chi connectivity index (χ0n) is 13.0. The molecule has 19 heavy (non-hydrogen) atoms. The highest BCUT2D eigenvalue weighted by atomic mass is 17.5. The molecule has 1 saturated carbocycles. The lowest BCUT2D eigenvalue weighted by Crippen LogP contribution is -2.36. The molecular weight excluding hydrogens is 244 g/mol. The molecule has 1 rings (SSSR count). The van der Waals surface area contributed by atoms with Crippen molar-refractivity contribution in [1.29, 1.82) is 0 Å². The molecule has 0 bridgehead atoms. The van der Waals surface area contributed by atoms with Crippen LogP contribution >= 0.6 is 0 Å². The third-order valence-electron chi connectivity index (χ3n) is 3.64. The monoisotopic (exact) mass is 272 g/mol. The zero-order valence-corrected chi connectivity index (χ0v) is 13.0. The Morgan fingerprint density at radius 1 is 1.05 bits per heavy atom. The van der Waals surface area contributed by atoms with Gasteiger partial charge in [-0.1, -0.05) is 40.0 Å². The summed E-state index contributed by atoms with van der Waals surface area (Å²) in [5.74, 6) is 0.0644. The Balaban J connectivity index is 2.28. The number of hydrogen-bond donors (Lipinski definition) is 0. The van der Waals surface area contributed by atoms with Gasteiger partial charge in [0.15, 0.2) is 0 Å². The van der Waals surface area contributed by atoms with E-state index in [9.17, 15) is 4.79 Å². The van der Waals surface area contributed by atoms with E-state index in [-0.39, 0.29) is 5.41 Å². The third kappa shape index (κ3) is 6.39. The van der Waals surface area contributed by atoms with Crippen molar-refractivity contribution < 1.29 is 19.6 Å². The molecule has 0 atom stereocenters. The van der Waals surface area contributed by atoms with Gasteiger partial charge in [0.05, 0.1) is 6.42 Å². The van der Waals surface area contributed by atoms with Crippen LogP contribution in [0.25, 0.3) is 0 Å². The van der Waals surface area contributed by atoms with Crippen LogP contribution < -0.4 is 0 Å². The van der Waals surface area contributed by atoms with E-state index >= 15 is 0 Å². The summed E-state index contributed by atoms with van der Waals surface area (Å²) < 4.78 is 0. The van der Waals surface area contributed by atoms with Gasteiger partial charge in [0.2, 0.25) is 0 Å². The van der Waals surface area contributed by atoms with Crippen LogP contribution in [-0.4, -0.2) is 11.6 Å². The van der Waals surface area contributed by atoms with Crippen LogP contribution in [0.2, 0.25) is 0 Å². The molecule has 0 aromatic heterocycles. The minimum absolute atomic E-state index is 0.112. The standard InChI is InChI=1S/C15H28O4/c1-14(2,3)11-13(16)17-19-18-15(4,5)12-9-7-6-8-10-12/h12H,6-11H2,1-5H3. The summed E-state index contributed by atoms with van der Waals surface area (Å²) in [5, 5.41) is 4.71. The lowest BCUT2D eigenvalue weighted by Gasteiger charge is -2.34. The van der Waals surface area contributed by atoms with Crippen molar-refractivity contribution >= 4 is 5.97 Å². The first-order valence-electron chi connectivity index (χ1n) is 7.26. The van der Waals surface area contributed by atoms with Gasteiger partial charge in [-0.05, 0) is 43.1 Å². The van der Waals surface area contributed by atoms with E-state index in [1.165, 1.54) is 19.3 Å². The van der Waals surface area contributed by atoms with Gasteiger partial charge >= 0.3 is 5.97 Å². The van der Waals surface area contributed by atoms with E-state index in [0.717, 1.165) is 12.8 Å². The highest BCUT2D eigenvalue weighted by molar-refractivity contribution is 5.69. The summed E-state index contributed by atoms with van der Waals surface area (Å²) in [6.07, 6.45) is 6.37. The van der Waals surface area contributed by atoms with Gasteiger partial charge in [-0.15, -0.1) is 0 Å². The van der Waals surface area contributed by atoms with Crippen molar-refractivity contribution in [3.8, 4) is 0 Å². The van der Waals surface area contributed by atoms with Crippen molar-refractivity contribution in [3.63, 3.8) is 0 Å². The topological polar surface area (TPSA) is 44.8 Å². The van der Waals surface area contributed by atoms with Gasteiger partial charge < -0.3 is 0 Å². The molecule has 4 heteroatoms. The molecule has 0 heterocycles. The first-order chi connectivity index (χ1) is 8.71. The zero-order chi connectivity index (χ0) is 14.5.